The van der Waals surface area contributed by atoms with Crippen LogP contribution in [0.1, 0.15) is 29.2 Å². The first-order valence-electron chi connectivity index (χ1n) is 11.1. The van der Waals surface area contributed by atoms with E-state index in [2.05, 4.69) is 53.8 Å². The molecule has 0 radical (unpaired) electrons. The van der Waals surface area contributed by atoms with Crippen molar-refractivity contribution in [3.8, 4) is 17.2 Å². The van der Waals surface area contributed by atoms with E-state index in [-0.39, 0.29) is 6.04 Å². The Kier molecular flexibility index (Phi) is 4.66. The molecule has 2 heterocycles. The average Bonchev–Trinajstić information content (AvgIpc) is 3.20. The number of benzene rings is 4. The molecule has 4 aromatic rings. The number of fused-ring (bicyclic) bond motifs is 5. The number of nitrogens with one attached hydrogen (secondary N) is 1. The Morgan fingerprint density at radius 1 is 0.879 bits per heavy atom. The second-order valence-electron chi connectivity index (χ2n) is 8.50. The lowest BCUT2D eigenvalue weighted by Gasteiger charge is -2.40. The number of ether oxygens (including phenoxy) is 4. The van der Waals surface area contributed by atoms with Gasteiger partial charge in [0.05, 0.1) is 26.9 Å². The van der Waals surface area contributed by atoms with E-state index in [9.17, 15) is 0 Å². The van der Waals surface area contributed by atoms with Crippen LogP contribution in [-0.4, -0.2) is 14.2 Å². The van der Waals surface area contributed by atoms with Gasteiger partial charge >= 0.3 is 0 Å². The number of anilines is 1. The van der Waals surface area contributed by atoms with Crippen molar-refractivity contribution in [2.45, 2.75) is 24.9 Å². The fourth-order valence-electron chi connectivity index (χ4n) is 5.07. The van der Waals surface area contributed by atoms with Crippen molar-refractivity contribution < 1.29 is 18.9 Å². The Morgan fingerprint density at radius 3 is 2.45 bits per heavy atom. The van der Waals surface area contributed by atoms with E-state index in [4.69, 9.17) is 18.9 Å². The van der Waals surface area contributed by atoms with Crippen LogP contribution in [0.2, 0.25) is 0 Å². The molecule has 2 aliphatic rings. The smallest absolute Gasteiger partial charge is 0.240 e. The van der Waals surface area contributed by atoms with Crippen LogP contribution >= 0.6 is 0 Å². The summed E-state index contributed by atoms with van der Waals surface area (Å²) in [5.74, 6) is 1.48. The zero-order valence-corrected chi connectivity index (χ0v) is 18.6. The molecule has 6 rings (SSSR count). The summed E-state index contributed by atoms with van der Waals surface area (Å²) in [6.07, 6.45) is 0.630. The van der Waals surface area contributed by atoms with Crippen LogP contribution < -0.4 is 19.5 Å². The number of hydrogen-bond donors (Lipinski definition) is 1. The van der Waals surface area contributed by atoms with Crippen LogP contribution in [-0.2, 0) is 17.1 Å². The molecule has 1 spiro atoms. The van der Waals surface area contributed by atoms with Crippen LogP contribution in [0.15, 0.2) is 78.9 Å². The third kappa shape index (κ3) is 3.28. The summed E-state index contributed by atoms with van der Waals surface area (Å²) < 4.78 is 24.0. The Hall–Kier alpha value is -3.70. The summed E-state index contributed by atoms with van der Waals surface area (Å²) in [5, 5.41) is 6.09. The van der Waals surface area contributed by atoms with Gasteiger partial charge in [0.15, 0.2) is 0 Å². The fraction of sp³-hybridized carbons (Fsp3) is 0.214. The van der Waals surface area contributed by atoms with Crippen LogP contribution in [0.25, 0.3) is 10.8 Å². The van der Waals surface area contributed by atoms with Crippen molar-refractivity contribution in [2.24, 2.45) is 0 Å². The molecule has 5 nitrogen and oxygen atoms in total. The maximum atomic E-state index is 6.66. The van der Waals surface area contributed by atoms with Gasteiger partial charge in [0.25, 0.3) is 0 Å². The van der Waals surface area contributed by atoms with Crippen LogP contribution in [0.5, 0.6) is 17.2 Å². The van der Waals surface area contributed by atoms with Crippen molar-refractivity contribution in [1.82, 2.24) is 0 Å². The molecular formula is C28H25NO4. The third-order valence-corrected chi connectivity index (χ3v) is 6.61. The molecule has 0 bridgehead atoms. The highest BCUT2D eigenvalue weighted by atomic mass is 16.7. The first-order valence-corrected chi connectivity index (χ1v) is 11.1. The molecule has 2 atom stereocenters. The molecule has 4 aromatic carbocycles. The number of rotatable bonds is 4. The summed E-state index contributed by atoms with van der Waals surface area (Å²) in [6.45, 7) is 0.540. The molecule has 33 heavy (non-hydrogen) atoms. The highest BCUT2D eigenvalue weighted by Crippen LogP contribution is 2.52. The monoisotopic (exact) mass is 439 g/mol. The van der Waals surface area contributed by atoms with E-state index in [0.29, 0.717) is 13.0 Å². The molecule has 1 N–H and O–H groups in total. The van der Waals surface area contributed by atoms with Gasteiger partial charge < -0.3 is 24.3 Å². The lowest BCUT2D eigenvalue weighted by Crippen LogP contribution is -2.40. The standard InChI is InChI=1S/C28H25NO4/c1-30-21-13-20(14-22(15-21)31-2)29-25-16-28(24-10-6-4-8-19(24)17-32-28)33-26-12-11-18-7-3-5-9-23(18)27(25)26/h3-15,25,29H,16-17H2,1-2H3/t25-,28+/m1/s1. The zero-order valence-electron chi connectivity index (χ0n) is 18.6. The Balaban J connectivity index is 1.50. The minimum absolute atomic E-state index is 0.0529. The van der Waals surface area contributed by atoms with Crippen LogP contribution in [0, 0.1) is 0 Å². The predicted octanol–water partition coefficient (Wildman–Crippen LogP) is 6.18. The van der Waals surface area contributed by atoms with Gasteiger partial charge in [-0.1, -0.05) is 54.6 Å². The van der Waals surface area contributed by atoms with Crippen molar-refractivity contribution in [3.63, 3.8) is 0 Å². The Labute approximate surface area is 192 Å². The van der Waals surface area contributed by atoms with Crippen molar-refractivity contribution in [3.05, 3.63) is 95.6 Å². The van der Waals surface area contributed by atoms with Gasteiger partial charge in [-0.25, -0.2) is 0 Å². The van der Waals surface area contributed by atoms with Gasteiger partial charge in [0, 0.05) is 41.4 Å². The van der Waals surface area contributed by atoms with E-state index in [1.165, 1.54) is 16.3 Å². The molecule has 2 aliphatic heterocycles. The minimum atomic E-state index is -0.827. The summed E-state index contributed by atoms with van der Waals surface area (Å²) >= 11 is 0. The molecule has 166 valence electrons. The van der Waals surface area contributed by atoms with E-state index in [1.807, 2.05) is 30.3 Å². The second kappa shape index (κ2) is 7.71. The maximum absolute atomic E-state index is 6.66. The summed E-state index contributed by atoms with van der Waals surface area (Å²) in [6, 6.07) is 26.7. The van der Waals surface area contributed by atoms with Gasteiger partial charge in [-0.2, -0.15) is 0 Å². The van der Waals surface area contributed by atoms with Gasteiger partial charge in [0.1, 0.15) is 17.2 Å². The Morgan fingerprint density at radius 2 is 1.64 bits per heavy atom. The molecule has 0 saturated heterocycles. The van der Waals surface area contributed by atoms with E-state index in [1.54, 1.807) is 14.2 Å². The van der Waals surface area contributed by atoms with Gasteiger partial charge in [0.2, 0.25) is 5.79 Å². The van der Waals surface area contributed by atoms with Crippen LogP contribution in [0.3, 0.4) is 0 Å². The molecule has 0 aromatic heterocycles. The van der Waals surface area contributed by atoms with Crippen molar-refractivity contribution in [2.75, 3.05) is 19.5 Å². The maximum Gasteiger partial charge on any atom is 0.240 e. The van der Waals surface area contributed by atoms with Crippen molar-refractivity contribution >= 4 is 16.5 Å². The van der Waals surface area contributed by atoms with E-state index >= 15 is 0 Å². The zero-order chi connectivity index (χ0) is 22.4. The molecule has 0 unspecified atom stereocenters. The number of methoxy groups -OCH3 is 2. The first kappa shape index (κ1) is 19.9. The first-order chi connectivity index (χ1) is 16.2. The quantitative estimate of drug-likeness (QED) is 0.412. The largest absolute Gasteiger partial charge is 0.497 e. The van der Waals surface area contributed by atoms with Gasteiger partial charge in [-0.15, -0.1) is 0 Å². The molecule has 0 fully saturated rings. The van der Waals surface area contributed by atoms with Gasteiger partial charge in [-0.05, 0) is 22.4 Å². The molecule has 0 aliphatic carbocycles. The van der Waals surface area contributed by atoms with E-state index < -0.39 is 5.79 Å². The highest BCUT2D eigenvalue weighted by molar-refractivity contribution is 5.89. The van der Waals surface area contributed by atoms with Crippen LogP contribution in [0.4, 0.5) is 5.69 Å². The lowest BCUT2D eigenvalue weighted by molar-refractivity contribution is -0.196. The number of hydrogen-bond acceptors (Lipinski definition) is 5. The molecule has 5 heteroatoms. The normalized spacial score (nSPS) is 20.7. The highest BCUT2D eigenvalue weighted by Gasteiger charge is 2.48. The van der Waals surface area contributed by atoms with Gasteiger partial charge in [-0.3, -0.25) is 0 Å². The lowest BCUT2D eigenvalue weighted by atomic mass is 9.87. The fourth-order valence-corrected chi connectivity index (χ4v) is 5.07. The third-order valence-electron chi connectivity index (χ3n) is 6.61. The topological polar surface area (TPSA) is 49.0 Å². The SMILES string of the molecule is COc1cc(N[C@@H]2C[C@]3(OCc4ccccc43)Oc3ccc4ccccc4c32)cc(OC)c1. The van der Waals surface area contributed by atoms with E-state index in [0.717, 1.165) is 34.1 Å². The molecule has 0 saturated carbocycles. The summed E-state index contributed by atoms with van der Waals surface area (Å²) in [4.78, 5) is 0. The summed E-state index contributed by atoms with van der Waals surface area (Å²) in [5.41, 5.74) is 4.31. The second-order valence-corrected chi connectivity index (χ2v) is 8.50. The molecule has 0 amide bonds. The van der Waals surface area contributed by atoms with Crippen molar-refractivity contribution in [1.29, 1.82) is 0 Å². The Bertz CT molecular complexity index is 1330. The molecular weight excluding hydrogens is 414 g/mol. The average molecular weight is 440 g/mol. The summed E-state index contributed by atoms with van der Waals surface area (Å²) in [7, 11) is 3.32. The predicted molar refractivity (Wildman–Crippen MR) is 128 cm³/mol. The minimum Gasteiger partial charge on any atom is -0.497 e.